The molecule has 19 heavy (non-hydrogen) atoms. The number of rotatable bonds is 4. The third-order valence-corrected chi connectivity index (χ3v) is 5.01. The lowest BCUT2D eigenvalue weighted by Crippen LogP contribution is -2.47. The van der Waals surface area contributed by atoms with Crippen molar-refractivity contribution in [3.63, 3.8) is 0 Å². The van der Waals surface area contributed by atoms with Crippen molar-refractivity contribution in [3.8, 4) is 0 Å². The van der Waals surface area contributed by atoms with E-state index in [1.165, 1.54) is 13.0 Å². The van der Waals surface area contributed by atoms with E-state index in [0.717, 1.165) is 6.07 Å². The highest BCUT2D eigenvalue weighted by atomic mass is 32.2. The maximum Gasteiger partial charge on any atom is 0.241 e. The summed E-state index contributed by atoms with van der Waals surface area (Å²) in [6.45, 7) is 1.42. The van der Waals surface area contributed by atoms with Crippen LogP contribution in [-0.4, -0.2) is 27.7 Å². The van der Waals surface area contributed by atoms with Crippen molar-refractivity contribution in [2.75, 3.05) is 12.8 Å². The molecule has 3 N–H and O–H groups in total. The first kappa shape index (κ1) is 14.2. The van der Waals surface area contributed by atoms with E-state index in [4.69, 9.17) is 10.5 Å². The number of nitrogens with two attached hydrogens (primary N) is 1. The van der Waals surface area contributed by atoms with Gasteiger partial charge in [-0.05, 0) is 31.9 Å². The maximum atomic E-state index is 13.5. The van der Waals surface area contributed by atoms with Crippen LogP contribution in [0.2, 0.25) is 0 Å². The number of hydrogen-bond donors (Lipinski definition) is 2. The van der Waals surface area contributed by atoms with Gasteiger partial charge in [0.05, 0.1) is 11.0 Å². The summed E-state index contributed by atoms with van der Waals surface area (Å²) in [5.74, 6) is -0.622. The summed E-state index contributed by atoms with van der Waals surface area (Å²) in [4.78, 5) is -0.106. The van der Waals surface area contributed by atoms with Gasteiger partial charge >= 0.3 is 0 Å². The van der Waals surface area contributed by atoms with Crippen molar-refractivity contribution < 1.29 is 17.5 Å². The molecule has 0 bridgehead atoms. The van der Waals surface area contributed by atoms with Crippen molar-refractivity contribution in [3.05, 3.63) is 23.5 Å². The smallest absolute Gasteiger partial charge is 0.241 e. The van der Waals surface area contributed by atoms with Crippen LogP contribution < -0.4 is 10.5 Å². The van der Waals surface area contributed by atoms with Crippen molar-refractivity contribution in [2.24, 2.45) is 0 Å². The summed E-state index contributed by atoms with van der Waals surface area (Å²) in [6, 6.07) is 2.21. The second kappa shape index (κ2) is 5.07. The SMILES string of the molecule is COC1CC(NS(=O)(=O)c2cc(N)cc(F)c2C)C1. The van der Waals surface area contributed by atoms with Crippen molar-refractivity contribution >= 4 is 15.7 Å². The number of nitrogen functional groups attached to an aromatic ring is 1. The Labute approximate surface area is 112 Å². The second-order valence-electron chi connectivity index (χ2n) is 4.77. The van der Waals surface area contributed by atoms with Crippen molar-refractivity contribution in [2.45, 2.75) is 36.8 Å². The summed E-state index contributed by atoms with van der Waals surface area (Å²) in [5, 5.41) is 0. The number of methoxy groups -OCH3 is 1. The Kier molecular flexibility index (Phi) is 3.80. The van der Waals surface area contributed by atoms with Crippen LogP contribution >= 0.6 is 0 Å². The van der Waals surface area contributed by atoms with Gasteiger partial charge in [-0.25, -0.2) is 17.5 Å². The summed E-state index contributed by atoms with van der Waals surface area (Å²) < 4.78 is 45.5. The third kappa shape index (κ3) is 2.88. The molecule has 0 saturated heterocycles. The molecule has 106 valence electrons. The zero-order valence-corrected chi connectivity index (χ0v) is 11.6. The predicted molar refractivity (Wildman–Crippen MR) is 69.7 cm³/mol. The van der Waals surface area contributed by atoms with Gasteiger partial charge < -0.3 is 10.5 Å². The van der Waals surface area contributed by atoms with E-state index in [9.17, 15) is 12.8 Å². The first-order valence-corrected chi connectivity index (χ1v) is 7.42. The molecule has 0 spiro atoms. The molecule has 1 fully saturated rings. The van der Waals surface area contributed by atoms with Crippen LogP contribution in [0, 0.1) is 12.7 Å². The molecule has 1 aliphatic rings. The summed E-state index contributed by atoms with van der Waals surface area (Å²) in [7, 11) is -2.16. The molecular formula is C12H17FN2O3S. The van der Waals surface area contributed by atoms with E-state index < -0.39 is 15.8 Å². The molecule has 0 amide bonds. The number of benzene rings is 1. The molecule has 0 aromatic heterocycles. The average Bonchev–Trinajstić information content (AvgIpc) is 2.27. The quantitative estimate of drug-likeness (QED) is 0.815. The molecule has 2 rings (SSSR count). The van der Waals surface area contributed by atoms with Crippen molar-refractivity contribution in [1.29, 1.82) is 0 Å². The van der Waals surface area contributed by atoms with Gasteiger partial charge in [-0.3, -0.25) is 0 Å². The Morgan fingerprint density at radius 3 is 2.63 bits per heavy atom. The number of halogens is 1. The van der Waals surface area contributed by atoms with Crippen LogP contribution in [-0.2, 0) is 14.8 Å². The minimum Gasteiger partial charge on any atom is -0.399 e. The molecule has 0 heterocycles. The highest BCUT2D eigenvalue weighted by Crippen LogP contribution is 2.27. The molecule has 1 aromatic carbocycles. The highest BCUT2D eigenvalue weighted by Gasteiger charge is 2.33. The Morgan fingerprint density at radius 1 is 1.42 bits per heavy atom. The minimum absolute atomic E-state index is 0.0734. The molecule has 0 radical (unpaired) electrons. The third-order valence-electron chi connectivity index (χ3n) is 3.36. The maximum absolute atomic E-state index is 13.5. The first-order valence-electron chi connectivity index (χ1n) is 5.94. The lowest BCUT2D eigenvalue weighted by molar-refractivity contribution is 0.0236. The first-order chi connectivity index (χ1) is 8.83. The number of anilines is 1. The molecular weight excluding hydrogens is 271 g/mol. The summed E-state index contributed by atoms with van der Waals surface area (Å²) in [5.41, 5.74) is 5.66. The highest BCUT2D eigenvalue weighted by molar-refractivity contribution is 7.89. The van der Waals surface area contributed by atoms with E-state index >= 15 is 0 Å². The van der Waals surface area contributed by atoms with E-state index in [1.54, 1.807) is 7.11 Å². The van der Waals surface area contributed by atoms with Gasteiger partial charge in [0.25, 0.3) is 0 Å². The number of nitrogens with one attached hydrogen (secondary N) is 1. The van der Waals surface area contributed by atoms with Gasteiger partial charge in [0.15, 0.2) is 0 Å². The largest absolute Gasteiger partial charge is 0.399 e. The summed E-state index contributed by atoms with van der Waals surface area (Å²) >= 11 is 0. The van der Waals surface area contributed by atoms with Gasteiger partial charge in [-0.15, -0.1) is 0 Å². The van der Waals surface area contributed by atoms with Gasteiger partial charge in [-0.1, -0.05) is 0 Å². The van der Waals surface area contributed by atoms with E-state index in [0.29, 0.717) is 12.8 Å². The molecule has 1 aromatic rings. The fourth-order valence-corrected chi connectivity index (χ4v) is 3.64. The molecule has 0 unspecified atom stereocenters. The van der Waals surface area contributed by atoms with Crippen LogP contribution in [0.4, 0.5) is 10.1 Å². The van der Waals surface area contributed by atoms with Gasteiger partial charge in [-0.2, -0.15) is 0 Å². The lowest BCUT2D eigenvalue weighted by atomic mass is 9.90. The Hall–Kier alpha value is -1.18. The van der Waals surface area contributed by atoms with Crippen LogP contribution in [0.15, 0.2) is 17.0 Å². The monoisotopic (exact) mass is 288 g/mol. The van der Waals surface area contributed by atoms with Crippen LogP contribution in [0.3, 0.4) is 0 Å². The molecule has 7 heteroatoms. The molecule has 5 nitrogen and oxygen atoms in total. The predicted octanol–water partition coefficient (Wildman–Crippen LogP) is 1.17. The fourth-order valence-electron chi connectivity index (χ4n) is 2.09. The van der Waals surface area contributed by atoms with E-state index in [1.807, 2.05) is 0 Å². The van der Waals surface area contributed by atoms with E-state index in [2.05, 4.69) is 4.72 Å². The fraction of sp³-hybridized carbons (Fsp3) is 0.500. The Morgan fingerprint density at radius 2 is 2.05 bits per heavy atom. The van der Waals surface area contributed by atoms with Gasteiger partial charge in [0, 0.05) is 24.4 Å². The number of sulfonamides is 1. The van der Waals surface area contributed by atoms with Gasteiger partial charge in [0.1, 0.15) is 5.82 Å². The standard InChI is InChI=1S/C12H17FN2O3S/c1-7-11(13)3-8(14)4-12(7)19(16,17)15-9-5-10(6-9)18-2/h3-4,9-10,15H,5-6,14H2,1-2H3. The molecule has 1 aliphatic carbocycles. The van der Waals surface area contributed by atoms with Crippen molar-refractivity contribution in [1.82, 2.24) is 4.72 Å². The lowest BCUT2D eigenvalue weighted by Gasteiger charge is -2.34. The van der Waals surface area contributed by atoms with E-state index in [-0.39, 0.29) is 28.3 Å². The van der Waals surface area contributed by atoms with Crippen LogP contribution in [0.5, 0.6) is 0 Å². The average molecular weight is 288 g/mol. The zero-order valence-electron chi connectivity index (χ0n) is 10.8. The number of ether oxygens (including phenoxy) is 1. The molecule has 0 aliphatic heterocycles. The molecule has 1 saturated carbocycles. The van der Waals surface area contributed by atoms with Crippen LogP contribution in [0.1, 0.15) is 18.4 Å². The van der Waals surface area contributed by atoms with Crippen LogP contribution in [0.25, 0.3) is 0 Å². The molecule has 0 atom stereocenters. The minimum atomic E-state index is -3.75. The van der Waals surface area contributed by atoms with Gasteiger partial charge in [0.2, 0.25) is 10.0 Å². The number of hydrogen-bond acceptors (Lipinski definition) is 4. The Bertz CT molecular complexity index is 583. The Balaban J connectivity index is 2.21. The zero-order chi connectivity index (χ0) is 14.2. The normalized spacial score (nSPS) is 23.1. The topological polar surface area (TPSA) is 81.4 Å². The second-order valence-corrected chi connectivity index (χ2v) is 6.46. The summed E-state index contributed by atoms with van der Waals surface area (Å²) in [6.07, 6.45) is 1.34.